The molecule has 2 atom stereocenters. The molecule has 0 aliphatic heterocycles. The fourth-order valence-corrected chi connectivity index (χ4v) is 1.91. The molecule has 0 aromatic heterocycles. The minimum atomic E-state index is 0.0204. The van der Waals surface area contributed by atoms with Crippen molar-refractivity contribution >= 4 is 17.7 Å². The van der Waals surface area contributed by atoms with Crippen LogP contribution in [-0.4, -0.2) is 48.8 Å². The van der Waals surface area contributed by atoms with Crippen LogP contribution in [0.25, 0.3) is 0 Å². The van der Waals surface area contributed by atoms with Crippen LogP contribution >= 0.6 is 11.8 Å². The standard InChI is InChI=1S/C10H22N2O2S/c1-8(9(7-13)15-3)12-10(14)5-4-6-11-2/h8-9,11,13H,4-7H2,1-3H3,(H,12,14). The molecule has 0 saturated heterocycles. The number of hydrogen-bond donors (Lipinski definition) is 3. The molecule has 90 valence electrons. The maximum atomic E-state index is 11.4. The second kappa shape index (κ2) is 9.00. The van der Waals surface area contributed by atoms with Gasteiger partial charge >= 0.3 is 0 Å². The van der Waals surface area contributed by atoms with Crippen LogP contribution < -0.4 is 10.6 Å². The predicted octanol–water partition coefficient (Wildman–Crippen LogP) is 0.215. The van der Waals surface area contributed by atoms with E-state index in [0.717, 1.165) is 13.0 Å². The molecule has 5 heteroatoms. The molecule has 0 spiro atoms. The number of nitrogens with one attached hydrogen (secondary N) is 2. The number of carbonyl (C=O) groups is 1. The SMILES string of the molecule is CNCCCC(=O)NC(C)C(CO)SC. The van der Waals surface area contributed by atoms with Gasteiger partial charge in [-0.25, -0.2) is 0 Å². The first-order chi connectivity index (χ1) is 7.15. The van der Waals surface area contributed by atoms with E-state index in [1.165, 1.54) is 0 Å². The molecule has 4 nitrogen and oxygen atoms in total. The van der Waals surface area contributed by atoms with Gasteiger partial charge in [-0.05, 0) is 33.2 Å². The zero-order chi connectivity index (χ0) is 11.7. The third-order valence-electron chi connectivity index (χ3n) is 2.26. The zero-order valence-corrected chi connectivity index (χ0v) is 10.6. The number of thioether (sulfide) groups is 1. The Bertz CT molecular complexity index is 175. The van der Waals surface area contributed by atoms with E-state index in [1.54, 1.807) is 11.8 Å². The molecule has 0 aliphatic carbocycles. The van der Waals surface area contributed by atoms with E-state index >= 15 is 0 Å². The molecule has 0 saturated carbocycles. The summed E-state index contributed by atoms with van der Waals surface area (Å²) < 4.78 is 0. The monoisotopic (exact) mass is 234 g/mol. The average Bonchev–Trinajstić information content (AvgIpc) is 2.20. The second-order valence-corrected chi connectivity index (χ2v) is 4.60. The molecule has 3 N–H and O–H groups in total. The van der Waals surface area contributed by atoms with E-state index in [0.29, 0.717) is 6.42 Å². The highest BCUT2D eigenvalue weighted by atomic mass is 32.2. The fourth-order valence-electron chi connectivity index (χ4n) is 1.28. The van der Waals surface area contributed by atoms with Crippen molar-refractivity contribution in [3.05, 3.63) is 0 Å². The Morgan fingerprint density at radius 1 is 1.53 bits per heavy atom. The molecule has 15 heavy (non-hydrogen) atoms. The normalized spacial score (nSPS) is 14.7. The molecule has 0 aromatic carbocycles. The third-order valence-corrected chi connectivity index (χ3v) is 3.42. The highest BCUT2D eigenvalue weighted by Crippen LogP contribution is 2.10. The van der Waals surface area contributed by atoms with Crippen molar-refractivity contribution in [3.8, 4) is 0 Å². The van der Waals surface area contributed by atoms with Gasteiger partial charge in [0.05, 0.1) is 6.61 Å². The summed E-state index contributed by atoms with van der Waals surface area (Å²) in [7, 11) is 1.87. The Hall–Kier alpha value is -0.260. The van der Waals surface area contributed by atoms with Crippen molar-refractivity contribution in [2.24, 2.45) is 0 Å². The summed E-state index contributed by atoms with van der Waals surface area (Å²) in [5.41, 5.74) is 0. The highest BCUT2D eigenvalue weighted by molar-refractivity contribution is 7.99. The van der Waals surface area contributed by atoms with E-state index in [1.807, 2.05) is 20.2 Å². The molecule has 0 rings (SSSR count). The Morgan fingerprint density at radius 2 is 2.20 bits per heavy atom. The van der Waals surface area contributed by atoms with E-state index < -0.39 is 0 Å². The van der Waals surface area contributed by atoms with E-state index in [4.69, 9.17) is 5.11 Å². The van der Waals surface area contributed by atoms with Crippen LogP contribution in [0.1, 0.15) is 19.8 Å². The summed E-state index contributed by atoms with van der Waals surface area (Å²) in [5, 5.41) is 15.0. The third kappa shape index (κ3) is 6.76. The molecule has 0 aromatic rings. The van der Waals surface area contributed by atoms with E-state index in [2.05, 4.69) is 10.6 Å². The number of amides is 1. The van der Waals surface area contributed by atoms with Crippen LogP contribution in [0.15, 0.2) is 0 Å². The molecular weight excluding hydrogens is 212 g/mol. The van der Waals surface area contributed by atoms with Crippen molar-refractivity contribution in [2.75, 3.05) is 26.5 Å². The lowest BCUT2D eigenvalue weighted by atomic mass is 10.2. The van der Waals surface area contributed by atoms with Crippen molar-refractivity contribution in [1.82, 2.24) is 10.6 Å². The van der Waals surface area contributed by atoms with Gasteiger partial charge in [-0.1, -0.05) is 0 Å². The van der Waals surface area contributed by atoms with Crippen LogP contribution in [0, 0.1) is 0 Å². The fraction of sp³-hybridized carbons (Fsp3) is 0.900. The molecule has 1 amide bonds. The lowest BCUT2D eigenvalue weighted by molar-refractivity contribution is -0.121. The van der Waals surface area contributed by atoms with Gasteiger partial charge in [-0.3, -0.25) is 4.79 Å². The topological polar surface area (TPSA) is 61.4 Å². The summed E-state index contributed by atoms with van der Waals surface area (Å²) in [6.45, 7) is 2.88. The van der Waals surface area contributed by atoms with Crippen molar-refractivity contribution in [2.45, 2.75) is 31.1 Å². The van der Waals surface area contributed by atoms with Gasteiger partial charge in [-0.2, -0.15) is 11.8 Å². The second-order valence-electron chi connectivity index (χ2n) is 3.52. The van der Waals surface area contributed by atoms with Gasteiger partial charge in [0.2, 0.25) is 5.91 Å². The van der Waals surface area contributed by atoms with E-state index in [-0.39, 0.29) is 23.8 Å². The van der Waals surface area contributed by atoms with Gasteiger partial charge in [0.25, 0.3) is 0 Å². The molecule has 0 heterocycles. The number of aliphatic hydroxyl groups excluding tert-OH is 1. The predicted molar refractivity (Wildman–Crippen MR) is 65.2 cm³/mol. The lowest BCUT2D eigenvalue weighted by Gasteiger charge is -2.21. The van der Waals surface area contributed by atoms with Gasteiger partial charge in [-0.15, -0.1) is 0 Å². The van der Waals surface area contributed by atoms with Crippen molar-refractivity contribution < 1.29 is 9.90 Å². The Kier molecular flexibility index (Phi) is 8.85. The number of aliphatic hydroxyl groups is 1. The van der Waals surface area contributed by atoms with Crippen LogP contribution in [-0.2, 0) is 4.79 Å². The summed E-state index contributed by atoms with van der Waals surface area (Å²) in [5.74, 6) is 0.0604. The molecule has 0 fully saturated rings. The highest BCUT2D eigenvalue weighted by Gasteiger charge is 2.16. The maximum Gasteiger partial charge on any atom is 0.220 e. The van der Waals surface area contributed by atoms with Crippen LogP contribution in [0.3, 0.4) is 0 Å². The van der Waals surface area contributed by atoms with Gasteiger partial charge in [0, 0.05) is 17.7 Å². The summed E-state index contributed by atoms with van der Waals surface area (Å²) in [4.78, 5) is 11.4. The van der Waals surface area contributed by atoms with Crippen molar-refractivity contribution in [1.29, 1.82) is 0 Å². The molecule has 0 bridgehead atoms. The lowest BCUT2D eigenvalue weighted by Crippen LogP contribution is -2.41. The first-order valence-electron chi connectivity index (χ1n) is 5.23. The summed E-state index contributed by atoms with van der Waals surface area (Å²) in [6.07, 6.45) is 3.32. The Balaban J connectivity index is 3.74. The molecule has 2 unspecified atom stereocenters. The van der Waals surface area contributed by atoms with Crippen LogP contribution in [0.4, 0.5) is 0 Å². The maximum absolute atomic E-state index is 11.4. The Labute approximate surface area is 96.2 Å². The van der Waals surface area contributed by atoms with Crippen LogP contribution in [0.2, 0.25) is 0 Å². The summed E-state index contributed by atoms with van der Waals surface area (Å²) in [6, 6.07) is 0.0204. The number of carbonyl (C=O) groups excluding carboxylic acids is 1. The van der Waals surface area contributed by atoms with Gasteiger partial charge in [0.1, 0.15) is 0 Å². The average molecular weight is 234 g/mol. The number of rotatable bonds is 8. The Morgan fingerprint density at radius 3 is 2.67 bits per heavy atom. The largest absolute Gasteiger partial charge is 0.395 e. The molecule has 0 aliphatic rings. The van der Waals surface area contributed by atoms with Crippen molar-refractivity contribution in [3.63, 3.8) is 0 Å². The first-order valence-corrected chi connectivity index (χ1v) is 6.52. The minimum absolute atomic E-state index is 0.0204. The van der Waals surface area contributed by atoms with Gasteiger partial charge < -0.3 is 15.7 Å². The molecular formula is C10H22N2O2S. The van der Waals surface area contributed by atoms with Gasteiger partial charge in [0.15, 0.2) is 0 Å². The quantitative estimate of drug-likeness (QED) is 0.526. The number of hydrogen-bond acceptors (Lipinski definition) is 4. The summed E-state index contributed by atoms with van der Waals surface area (Å²) >= 11 is 1.57. The smallest absolute Gasteiger partial charge is 0.220 e. The first kappa shape index (κ1) is 14.7. The molecule has 0 radical (unpaired) electrons. The zero-order valence-electron chi connectivity index (χ0n) is 9.75. The minimum Gasteiger partial charge on any atom is -0.395 e. The van der Waals surface area contributed by atoms with E-state index in [9.17, 15) is 4.79 Å². The van der Waals surface area contributed by atoms with Crippen LogP contribution in [0.5, 0.6) is 0 Å².